The summed E-state index contributed by atoms with van der Waals surface area (Å²) < 4.78 is 0. The molecule has 0 radical (unpaired) electrons. The molecule has 1 aromatic heterocycles. The van der Waals surface area contributed by atoms with Gasteiger partial charge in [-0.2, -0.15) is 26.7 Å². The number of allylic oxidation sites excluding steroid dienone is 1. The van der Waals surface area contributed by atoms with Gasteiger partial charge in [0.1, 0.15) is 5.82 Å². The third-order valence-electron chi connectivity index (χ3n) is 2.14. The van der Waals surface area contributed by atoms with Gasteiger partial charge in [0.05, 0.1) is 5.75 Å². The first-order valence-corrected chi connectivity index (χ1v) is 6.82. The molecule has 5 nitrogen and oxygen atoms in total. The second-order valence-electron chi connectivity index (χ2n) is 3.66. The standard InChI is InChI=1S/C11H19N5S/c1-2-3-4-5-6-7-17-8-9-14-10(12)16-11(13)15-9/h2H,1,3-8H2,(H4,12,13,14,15,16). The molecule has 0 spiro atoms. The monoisotopic (exact) mass is 253 g/mol. The molecule has 4 N–H and O–H groups in total. The Hall–Kier alpha value is -1.30. The number of hydrogen-bond donors (Lipinski definition) is 2. The predicted octanol–water partition coefficient (Wildman–Crippen LogP) is 2.02. The number of nitrogens with two attached hydrogens (primary N) is 2. The van der Waals surface area contributed by atoms with Crippen LogP contribution >= 0.6 is 11.8 Å². The second kappa shape index (κ2) is 7.89. The van der Waals surface area contributed by atoms with E-state index in [0.29, 0.717) is 5.82 Å². The van der Waals surface area contributed by atoms with E-state index in [1.54, 1.807) is 11.8 Å². The maximum absolute atomic E-state index is 5.48. The first kappa shape index (κ1) is 13.8. The van der Waals surface area contributed by atoms with Crippen molar-refractivity contribution in [1.29, 1.82) is 0 Å². The van der Waals surface area contributed by atoms with E-state index in [4.69, 9.17) is 11.5 Å². The van der Waals surface area contributed by atoms with Gasteiger partial charge in [0.15, 0.2) is 0 Å². The number of unbranched alkanes of at least 4 members (excludes halogenated alkanes) is 3. The molecule has 1 rings (SSSR count). The highest BCUT2D eigenvalue weighted by Gasteiger charge is 2.01. The van der Waals surface area contributed by atoms with E-state index < -0.39 is 0 Å². The van der Waals surface area contributed by atoms with Crippen LogP contribution in [0.5, 0.6) is 0 Å². The molecule has 0 aliphatic rings. The Labute approximate surface area is 106 Å². The van der Waals surface area contributed by atoms with Crippen LogP contribution in [-0.4, -0.2) is 20.7 Å². The fourth-order valence-electron chi connectivity index (χ4n) is 1.35. The van der Waals surface area contributed by atoms with E-state index in [0.717, 1.165) is 17.9 Å². The van der Waals surface area contributed by atoms with Crippen molar-refractivity contribution in [3.8, 4) is 0 Å². The molecule has 0 aliphatic heterocycles. The maximum atomic E-state index is 5.48. The van der Waals surface area contributed by atoms with Crippen molar-refractivity contribution in [2.45, 2.75) is 31.4 Å². The maximum Gasteiger partial charge on any atom is 0.225 e. The summed E-state index contributed by atoms with van der Waals surface area (Å²) in [7, 11) is 0. The molecule has 94 valence electrons. The summed E-state index contributed by atoms with van der Waals surface area (Å²) in [6.07, 6.45) is 6.72. The second-order valence-corrected chi connectivity index (χ2v) is 4.76. The summed E-state index contributed by atoms with van der Waals surface area (Å²) in [4.78, 5) is 11.8. The van der Waals surface area contributed by atoms with Crippen molar-refractivity contribution in [3.05, 3.63) is 18.5 Å². The Balaban J connectivity index is 2.15. The number of aromatic nitrogens is 3. The fraction of sp³-hybridized carbons (Fsp3) is 0.545. The molecule has 1 heterocycles. The smallest absolute Gasteiger partial charge is 0.225 e. The summed E-state index contributed by atoms with van der Waals surface area (Å²) >= 11 is 1.79. The van der Waals surface area contributed by atoms with Crippen LogP contribution in [0, 0.1) is 0 Å². The number of rotatable bonds is 8. The molecule has 17 heavy (non-hydrogen) atoms. The van der Waals surface area contributed by atoms with E-state index in [2.05, 4.69) is 21.5 Å². The Kier molecular flexibility index (Phi) is 6.39. The van der Waals surface area contributed by atoms with Gasteiger partial charge in [0.2, 0.25) is 11.9 Å². The van der Waals surface area contributed by atoms with Crippen molar-refractivity contribution in [2.24, 2.45) is 0 Å². The predicted molar refractivity (Wildman–Crippen MR) is 73.5 cm³/mol. The molecule has 0 saturated heterocycles. The zero-order valence-electron chi connectivity index (χ0n) is 9.93. The summed E-state index contributed by atoms with van der Waals surface area (Å²) in [5.74, 6) is 2.88. The largest absolute Gasteiger partial charge is 0.368 e. The third-order valence-corrected chi connectivity index (χ3v) is 3.18. The van der Waals surface area contributed by atoms with Crippen LogP contribution in [0.3, 0.4) is 0 Å². The Bertz CT molecular complexity index is 335. The molecule has 1 aromatic rings. The lowest BCUT2D eigenvalue weighted by atomic mass is 10.2. The van der Waals surface area contributed by atoms with E-state index in [1.165, 1.54) is 19.3 Å². The molecule has 0 atom stereocenters. The van der Waals surface area contributed by atoms with Gasteiger partial charge in [-0.1, -0.05) is 12.5 Å². The number of nitrogen functional groups attached to an aromatic ring is 2. The minimum Gasteiger partial charge on any atom is -0.368 e. The third kappa shape index (κ3) is 6.11. The first-order valence-electron chi connectivity index (χ1n) is 5.67. The molecular formula is C11H19N5S. The van der Waals surface area contributed by atoms with Crippen LogP contribution in [0.4, 0.5) is 11.9 Å². The average molecular weight is 253 g/mol. The Morgan fingerprint density at radius 3 is 2.41 bits per heavy atom. The number of hydrogen-bond acceptors (Lipinski definition) is 6. The summed E-state index contributed by atoms with van der Waals surface area (Å²) in [6, 6.07) is 0. The van der Waals surface area contributed by atoms with E-state index in [-0.39, 0.29) is 11.9 Å². The number of thioether (sulfide) groups is 1. The number of nitrogens with zero attached hydrogens (tertiary/aromatic N) is 3. The highest BCUT2D eigenvalue weighted by molar-refractivity contribution is 7.98. The number of anilines is 2. The van der Waals surface area contributed by atoms with Crippen molar-refractivity contribution >= 4 is 23.7 Å². The average Bonchev–Trinajstić information content (AvgIpc) is 2.26. The van der Waals surface area contributed by atoms with Gasteiger partial charge in [-0.05, 0) is 25.0 Å². The minimum atomic E-state index is 0.194. The lowest BCUT2D eigenvalue weighted by molar-refractivity contribution is 0.735. The van der Waals surface area contributed by atoms with Gasteiger partial charge in [0.25, 0.3) is 0 Å². The first-order chi connectivity index (χ1) is 8.22. The zero-order valence-corrected chi connectivity index (χ0v) is 10.7. The van der Waals surface area contributed by atoms with Crippen LogP contribution in [0.2, 0.25) is 0 Å². The minimum absolute atomic E-state index is 0.194. The van der Waals surface area contributed by atoms with Crippen LogP contribution in [0.1, 0.15) is 31.5 Å². The lowest BCUT2D eigenvalue weighted by Crippen LogP contribution is -2.06. The van der Waals surface area contributed by atoms with Crippen LogP contribution in [0.15, 0.2) is 12.7 Å². The fourth-order valence-corrected chi connectivity index (χ4v) is 2.22. The van der Waals surface area contributed by atoms with E-state index in [1.807, 2.05) is 6.08 Å². The van der Waals surface area contributed by atoms with Crippen molar-refractivity contribution in [2.75, 3.05) is 17.2 Å². The van der Waals surface area contributed by atoms with Crippen LogP contribution in [-0.2, 0) is 5.75 Å². The molecule has 0 fully saturated rings. The van der Waals surface area contributed by atoms with E-state index in [9.17, 15) is 0 Å². The Morgan fingerprint density at radius 1 is 1.06 bits per heavy atom. The lowest BCUT2D eigenvalue weighted by Gasteiger charge is -2.02. The summed E-state index contributed by atoms with van der Waals surface area (Å²) in [6.45, 7) is 3.70. The highest BCUT2D eigenvalue weighted by Crippen LogP contribution is 2.13. The summed E-state index contributed by atoms with van der Waals surface area (Å²) in [5.41, 5.74) is 11.0. The van der Waals surface area contributed by atoms with Gasteiger partial charge in [-0.3, -0.25) is 0 Å². The van der Waals surface area contributed by atoms with Gasteiger partial charge >= 0.3 is 0 Å². The van der Waals surface area contributed by atoms with Crippen LogP contribution < -0.4 is 11.5 Å². The topological polar surface area (TPSA) is 90.7 Å². The van der Waals surface area contributed by atoms with E-state index >= 15 is 0 Å². The SMILES string of the molecule is C=CCCCCCSCc1nc(N)nc(N)n1. The quantitative estimate of drug-likeness (QED) is 0.544. The molecule has 0 saturated carbocycles. The molecule has 0 aromatic carbocycles. The highest BCUT2D eigenvalue weighted by atomic mass is 32.2. The summed E-state index contributed by atoms with van der Waals surface area (Å²) in [5, 5.41) is 0. The Morgan fingerprint density at radius 2 is 1.76 bits per heavy atom. The molecular weight excluding hydrogens is 234 g/mol. The van der Waals surface area contributed by atoms with Gasteiger partial charge < -0.3 is 11.5 Å². The zero-order chi connectivity index (χ0) is 12.5. The molecule has 0 unspecified atom stereocenters. The van der Waals surface area contributed by atoms with Crippen molar-refractivity contribution in [1.82, 2.24) is 15.0 Å². The van der Waals surface area contributed by atoms with Crippen molar-refractivity contribution < 1.29 is 0 Å². The van der Waals surface area contributed by atoms with Crippen LogP contribution in [0.25, 0.3) is 0 Å². The van der Waals surface area contributed by atoms with Gasteiger partial charge in [0, 0.05) is 0 Å². The molecule has 0 amide bonds. The van der Waals surface area contributed by atoms with Gasteiger partial charge in [-0.25, -0.2) is 0 Å². The molecule has 0 bridgehead atoms. The van der Waals surface area contributed by atoms with Crippen molar-refractivity contribution in [3.63, 3.8) is 0 Å². The molecule has 0 aliphatic carbocycles. The van der Waals surface area contributed by atoms with Gasteiger partial charge in [-0.15, -0.1) is 6.58 Å². The normalized spacial score (nSPS) is 10.4. The molecule has 6 heteroatoms.